The van der Waals surface area contributed by atoms with Gasteiger partial charge in [-0.2, -0.15) is 10.4 Å². The van der Waals surface area contributed by atoms with Crippen molar-refractivity contribution in [3.05, 3.63) is 24.2 Å². The number of rotatable bonds is 4. The van der Waals surface area contributed by atoms with Gasteiger partial charge in [0.25, 0.3) is 0 Å². The Labute approximate surface area is 100 Å². The van der Waals surface area contributed by atoms with Crippen LogP contribution in [0, 0.1) is 17.2 Å². The Morgan fingerprint density at radius 3 is 3.00 bits per heavy atom. The van der Waals surface area contributed by atoms with Gasteiger partial charge in [-0.15, -0.1) is 0 Å². The number of imidazole rings is 1. The highest BCUT2D eigenvalue weighted by atomic mass is 15.3. The predicted molar refractivity (Wildman–Crippen MR) is 64.5 cm³/mol. The van der Waals surface area contributed by atoms with Crippen LogP contribution in [0.25, 0.3) is 5.65 Å². The van der Waals surface area contributed by atoms with Gasteiger partial charge in [-0.05, 0) is 18.8 Å². The van der Waals surface area contributed by atoms with Gasteiger partial charge in [-0.1, -0.05) is 19.3 Å². The molecule has 0 aliphatic heterocycles. The molecule has 0 unspecified atom stereocenters. The molecule has 4 nitrogen and oxygen atoms in total. The summed E-state index contributed by atoms with van der Waals surface area (Å²) in [4.78, 5) is 0. The molecule has 3 rings (SSSR count). The van der Waals surface area contributed by atoms with Crippen LogP contribution in [0.15, 0.2) is 18.6 Å². The van der Waals surface area contributed by atoms with Crippen LogP contribution in [-0.2, 0) is 6.54 Å². The lowest BCUT2D eigenvalue weighted by Gasteiger charge is -2.25. The van der Waals surface area contributed by atoms with Crippen LogP contribution in [-0.4, -0.2) is 14.2 Å². The molecule has 0 aromatic carbocycles. The van der Waals surface area contributed by atoms with Crippen LogP contribution in [0.2, 0.25) is 0 Å². The van der Waals surface area contributed by atoms with Crippen molar-refractivity contribution in [2.75, 3.05) is 0 Å². The fraction of sp³-hybridized carbons (Fsp3) is 0.538. The summed E-state index contributed by atoms with van der Waals surface area (Å²) >= 11 is 0. The molecule has 1 aliphatic rings. The summed E-state index contributed by atoms with van der Waals surface area (Å²) in [5.74, 6) is 0.960. The molecule has 0 N–H and O–H groups in total. The van der Waals surface area contributed by atoms with E-state index >= 15 is 0 Å². The highest BCUT2D eigenvalue weighted by Gasteiger charge is 2.16. The van der Waals surface area contributed by atoms with Crippen molar-refractivity contribution in [3.8, 4) is 6.07 Å². The number of hydrogen-bond donors (Lipinski definition) is 0. The minimum Gasteiger partial charge on any atom is -0.330 e. The fourth-order valence-electron chi connectivity index (χ4n) is 2.56. The van der Waals surface area contributed by atoms with E-state index in [1.54, 1.807) is 10.7 Å². The van der Waals surface area contributed by atoms with Gasteiger partial charge in [0.15, 0.2) is 5.65 Å². The molecular formula is C13H16N4. The lowest BCUT2D eigenvalue weighted by atomic mass is 9.82. The van der Waals surface area contributed by atoms with Crippen molar-refractivity contribution >= 4 is 5.65 Å². The molecule has 1 fully saturated rings. The SMILES string of the molecule is N#Cc1cnn2ccn(CCCC3CCC3)c12. The third-order valence-electron chi connectivity index (χ3n) is 3.79. The second-order valence-electron chi connectivity index (χ2n) is 4.87. The van der Waals surface area contributed by atoms with Gasteiger partial charge in [-0.25, -0.2) is 4.52 Å². The Morgan fingerprint density at radius 1 is 1.41 bits per heavy atom. The fourth-order valence-corrected chi connectivity index (χ4v) is 2.56. The molecule has 0 spiro atoms. The zero-order valence-electron chi connectivity index (χ0n) is 9.84. The first-order valence-electron chi connectivity index (χ1n) is 6.31. The monoisotopic (exact) mass is 228 g/mol. The second kappa shape index (κ2) is 4.25. The van der Waals surface area contributed by atoms with E-state index in [0.29, 0.717) is 5.56 Å². The van der Waals surface area contributed by atoms with Crippen LogP contribution in [0.5, 0.6) is 0 Å². The third-order valence-corrected chi connectivity index (χ3v) is 3.79. The van der Waals surface area contributed by atoms with Crippen molar-refractivity contribution in [2.24, 2.45) is 5.92 Å². The summed E-state index contributed by atoms with van der Waals surface area (Å²) in [6, 6.07) is 2.19. The standard InChI is InChI=1S/C13H16N4/c14-9-12-10-15-17-8-7-16(13(12)17)6-2-5-11-3-1-4-11/h7-8,10-11H,1-6H2. The van der Waals surface area contributed by atoms with Gasteiger partial charge in [0, 0.05) is 18.9 Å². The topological polar surface area (TPSA) is 46.0 Å². The lowest BCUT2D eigenvalue weighted by Crippen LogP contribution is -2.11. The third kappa shape index (κ3) is 1.82. The summed E-state index contributed by atoms with van der Waals surface area (Å²) in [6.45, 7) is 0.993. The molecule has 2 aromatic heterocycles. The molecule has 0 saturated heterocycles. The highest BCUT2D eigenvalue weighted by Crippen LogP contribution is 2.30. The van der Waals surface area contributed by atoms with Gasteiger partial charge in [0.1, 0.15) is 11.6 Å². The van der Waals surface area contributed by atoms with Crippen LogP contribution < -0.4 is 0 Å². The molecular weight excluding hydrogens is 212 g/mol. The summed E-state index contributed by atoms with van der Waals surface area (Å²) in [5, 5.41) is 13.2. The maximum Gasteiger partial charge on any atom is 0.153 e. The van der Waals surface area contributed by atoms with Crippen LogP contribution in [0.4, 0.5) is 0 Å². The van der Waals surface area contributed by atoms with Crippen LogP contribution in [0.1, 0.15) is 37.7 Å². The van der Waals surface area contributed by atoms with Gasteiger partial charge in [0.2, 0.25) is 0 Å². The van der Waals surface area contributed by atoms with Crippen molar-refractivity contribution in [1.82, 2.24) is 14.2 Å². The highest BCUT2D eigenvalue weighted by molar-refractivity contribution is 5.54. The van der Waals surface area contributed by atoms with E-state index in [-0.39, 0.29) is 0 Å². The van der Waals surface area contributed by atoms with Gasteiger partial charge < -0.3 is 4.57 Å². The first-order valence-corrected chi connectivity index (χ1v) is 6.31. The average Bonchev–Trinajstić information content (AvgIpc) is 2.83. The molecule has 4 heteroatoms. The minimum absolute atomic E-state index is 0.665. The number of nitriles is 1. The van der Waals surface area contributed by atoms with Crippen molar-refractivity contribution in [2.45, 2.75) is 38.6 Å². The van der Waals surface area contributed by atoms with E-state index in [1.165, 1.54) is 32.1 Å². The molecule has 17 heavy (non-hydrogen) atoms. The Kier molecular flexibility index (Phi) is 2.60. The zero-order chi connectivity index (χ0) is 11.7. The largest absolute Gasteiger partial charge is 0.330 e. The second-order valence-corrected chi connectivity index (χ2v) is 4.87. The first-order chi connectivity index (χ1) is 8.38. The number of fused-ring (bicyclic) bond motifs is 1. The van der Waals surface area contributed by atoms with E-state index in [2.05, 4.69) is 15.7 Å². The quantitative estimate of drug-likeness (QED) is 0.807. The van der Waals surface area contributed by atoms with E-state index in [4.69, 9.17) is 5.26 Å². The molecule has 0 atom stereocenters. The number of aryl methyl sites for hydroxylation is 1. The zero-order valence-corrected chi connectivity index (χ0v) is 9.84. The molecule has 1 aliphatic carbocycles. The van der Waals surface area contributed by atoms with Crippen molar-refractivity contribution < 1.29 is 0 Å². The van der Waals surface area contributed by atoms with E-state index < -0.39 is 0 Å². The smallest absolute Gasteiger partial charge is 0.153 e. The van der Waals surface area contributed by atoms with Gasteiger partial charge in [-0.3, -0.25) is 0 Å². The maximum absolute atomic E-state index is 9.01. The average molecular weight is 228 g/mol. The van der Waals surface area contributed by atoms with Gasteiger partial charge >= 0.3 is 0 Å². The van der Waals surface area contributed by atoms with Crippen molar-refractivity contribution in [3.63, 3.8) is 0 Å². The summed E-state index contributed by atoms with van der Waals surface area (Å²) in [7, 11) is 0. The van der Waals surface area contributed by atoms with E-state index in [0.717, 1.165) is 18.1 Å². The number of aromatic nitrogens is 3. The predicted octanol–water partition coefficient (Wildman–Crippen LogP) is 2.59. The molecule has 88 valence electrons. The molecule has 2 heterocycles. The normalized spacial score (nSPS) is 15.9. The Balaban J connectivity index is 1.71. The summed E-state index contributed by atoms with van der Waals surface area (Å²) in [5.41, 5.74) is 1.60. The molecule has 0 bridgehead atoms. The summed E-state index contributed by atoms with van der Waals surface area (Å²) < 4.78 is 3.92. The van der Waals surface area contributed by atoms with E-state index in [1.807, 2.05) is 12.4 Å². The molecule has 0 radical (unpaired) electrons. The maximum atomic E-state index is 9.01. The molecule has 0 amide bonds. The van der Waals surface area contributed by atoms with E-state index in [9.17, 15) is 0 Å². The Bertz CT molecular complexity index is 553. The number of hydrogen-bond acceptors (Lipinski definition) is 2. The first kappa shape index (κ1) is 10.4. The molecule has 2 aromatic rings. The minimum atomic E-state index is 0.665. The van der Waals surface area contributed by atoms with Crippen LogP contribution >= 0.6 is 0 Å². The van der Waals surface area contributed by atoms with Crippen LogP contribution in [0.3, 0.4) is 0 Å². The Morgan fingerprint density at radius 2 is 2.29 bits per heavy atom. The Hall–Kier alpha value is -1.76. The summed E-state index contributed by atoms with van der Waals surface area (Å²) in [6.07, 6.45) is 12.3. The lowest BCUT2D eigenvalue weighted by molar-refractivity contribution is 0.285. The van der Waals surface area contributed by atoms with Crippen molar-refractivity contribution in [1.29, 1.82) is 5.26 Å². The van der Waals surface area contributed by atoms with Gasteiger partial charge in [0.05, 0.1) is 6.20 Å². The molecule has 1 saturated carbocycles. The number of nitrogens with zero attached hydrogens (tertiary/aromatic N) is 4.